The van der Waals surface area contributed by atoms with Crippen LogP contribution in [0.3, 0.4) is 0 Å². The molecule has 0 aliphatic heterocycles. The molecule has 3 rings (SSSR count). The zero-order valence-corrected chi connectivity index (χ0v) is 16.7. The molecule has 7 heteroatoms. The first-order chi connectivity index (χ1) is 12.9. The van der Waals surface area contributed by atoms with Gasteiger partial charge >= 0.3 is 0 Å². The molecule has 0 unspecified atom stereocenters. The van der Waals surface area contributed by atoms with Gasteiger partial charge in [-0.05, 0) is 38.0 Å². The number of benzene rings is 1. The molecule has 0 radical (unpaired) electrons. The lowest BCUT2D eigenvalue weighted by Gasteiger charge is -2.12. The standard InChI is InChI=1S/C20H23FN4OS/c1-12(2)10-25-19(15-7-5-6-8-17(15)21)23-24-20(25)27-11-18(26)16-9-13(3)22-14(16)4/h5-9,12,22H,10-11H2,1-4H3. The fourth-order valence-corrected chi connectivity index (χ4v) is 3.82. The quantitative estimate of drug-likeness (QED) is 0.474. The molecule has 0 spiro atoms. The van der Waals surface area contributed by atoms with Gasteiger partial charge < -0.3 is 9.55 Å². The van der Waals surface area contributed by atoms with Gasteiger partial charge in [0.25, 0.3) is 0 Å². The van der Waals surface area contributed by atoms with Crippen LogP contribution in [-0.2, 0) is 6.54 Å². The maximum absolute atomic E-state index is 14.2. The van der Waals surface area contributed by atoms with Gasteiger partial charge in [-0.25, -0.2) is 4.39 Å². The molecule has 0 atom stereocenters. The van der Waals surface area contributed by atoms with Crippen LogP contribution in [0.2, 0.25) is 0 Å². The largest absolute Gasteiger partial charge is 0.362 e. The Morgan fingerprint density at radius 2 is 2.00 bits per heavy atom. The second kappa shape index (κ2) is 8.08. The van der Waals surface area contributed by atoms with Crippen molar-refractivity contribution in [3.63, 3.8) is 0 Å². The minimum atomic E-state index is -0.332. The van der Waals surface area contributed by atoms with Crippen molar-refractivity contribution in [1.82, 2.24) is 19.7 Å². The predicted octanol–water partition coefficient (Wildman–Crippen LogP) is 4.66. The summed E-state index contributed by atoms with van der Waals surface area (Å²) in [6.07, 6.45) is 0. The third-order valence-electron chi connectivity index (χ3n) is 4.16. The highest BCUT2D eigenvalue weighted by Gasteiger charge is 2.20. The number of H-pyrrole nitrogens is 1. The van der Waals surface area contributed by atoms with Gasteiger partial charge in [0.05, 0.1) is 11.3 Å². The molecule has 0 amide bonds. The molecule has 0 fully saturated rings. The second-order valence-electron chi connectivity index (χ2n) is 6.99. The van der Waals surface area contributed by atoms with E-state index in [4.69, 9.17) is 0 Å². The summed E-state index contributed by atoms with van der Waals surface area (Å²) >= 11 is 1.33. The van der Waals surface area contributed by atoms with Crippen LogP contribution >= 0.6 is 11.8 Å². The highest BCUT2D eigenvalue weighted by Crippen LogP contribution is 2.27. The minimum absolute atomic E-state index is 0.0355. The van der Waals surface area contributed by atoms with Crippen LogP contribution in [0.25, 0.3) is 11.4 Å². The number of hydrogen-bond donors (Lipinski definition) is 1. The van der Waals surface area contributed by atoms with Gasteiger partial charge in [-0.1, -0.05) is 37.7 Å². The summed E-state index contributed by atoms with van der Waals surface area (Å²) in [5, 5.41) is 9.06. The van der Waals surface area contributed by atoms with Crippen LogP contribution in [0.15, 0.2) is 35.5 Å². The summed E-state index contributed by atoms with van der Waals surface area (Å²) in [7, 11) is 0. The molecule has 1 aromatic carbocycles. The van der Waals surface area contributed by atoms with Gasteiger partial charge in [-0.15, -0.1) is 10.2 Å². The number of nitrogens with one attached hydrogen (secondary N) is 1. The van der Waals surface area contributed by atoms with Gasteiger partial charge in [0.1, 0.15) is 5.82 Å². The van der Waals surface area contributed by atoms with E-state index in [9.17, 15) is 9.18 Å². The Balaban J connectivity index is 1.86. The van der Waals surface area contributed by atoms with Crippen molar-refractivity contribution >= 4 is 17.5 Å². The molecule has 5 nitrogen and oxygen atoms in total. The third-order valence-corrected chi connectivity index (χ3v) is 5.13. The van der Waals surface area contributed by atoms with Gasteiger partial charge in [-0.3, -0.25) is 4.79 Å². The highest BCUT2D eigenvalue weighted by atomic mass is 32.2. The molecular formula is C20H23FN4OS. The Morgan fingerprint density at radius 1 is 1.26 bits per heavy atom. The molecule has 27 heavy (non-hydrogen) atoms. The number of ketones is 1. The van der Waals surface area contributed by atoms with E-state index < -0.39 is 0 Å². The number of halogens is 1. The number of rotatable bonds is 7. The number of thioether (sulfide) groups is 1. The summed E-state index contributed by atoms with van der Waals surface area (Å²) in [5.74, 6) is 0.780. The van der Waals surface area contributed by atoms with Gasteiger partial charge in [0.15, 0.2) is 16.8 Å². The van der Waals surface area contributed by atoms with Crippen molar-refractivity contribution in [2.75, 3.05) is 5.75 Å². The van der Waals surface area contributed by atoms with E-state index in [0.29, 0.717) is 34.6 Å². The Hall–Kier alpha value is -2.41. The van der Waals surface area contributed by atoms with Crippen molar-refractivity contribution in [1.29, 1.82) is 0 Å². The smallest absolute Gasteiger partial charge is 0.191 e. The number of nitrogens with zero attached hydrogens (tertiary/aromatic N) is 3. The van der Waals surface area contributed by atoms with E-state index in [0.717, 1.165) is 11.4 Å². The van der Waals surface area contributed by atoms with E-state index in [1.54, 1.807) is 18.2 Å². The van der Waals surface area contributed by atoms with Gasteiger partial charge in [0.2, 0.25) is 0 Å². The molecule has 0 aliphatic rings. The van der Waals surface area contributed by atoms with E-state index in [1.165, 1.54) is 17.8 Å². The first-order valence-electron chi connectivity index (χ1n) is 8.87. The number of hydrogen-bond acceptors (Lipinski definition) is 4. The number of Topliss-reactive ketones (excluding diaryl/α,β-unsaturated/α-hetero) is 1. The third kappa shape index (κ3) is 4.30. The first kappa shape index (κ1) is 19.4. The fraction of sp³-hybridized carbons (Fsp3) is 0.350. The van der Waals surface area contributed by atoms with Crippen molar-refractivity contribution < 1.29 is 9.18 Å². The Labute approximate surface area is 162 Å². The Bertz CT molecular complexity index is 961. The lowest BCUT2D eigenvalue weighted by atomic mass is 10.2. The molecule has 1 N–H and O–H groups in total. The maximum atomic E-state index is 14.2. The Kier molecular flexibility index (Phi) is 5.79. The van der Waals surface area contributed by atoms with E-state index in [1.807, 2.05) is 24.5 Å². The first-order valence-corrected chi connectivity index (χ1v) is 9.85. The van der Waals surface area contributed by atoms with E-state index >= 15 is 0 Å². The van der Waals surface area contributed by atoms with Crippen molar-refractivity contribution in [2.24, 2.45) is 5.92 Å². The molecule has 0 saturated heterocycles. The molecular weight excluding hydrogens is 363 g/mol. The average Bonchev–Trinajstić information content (AvgIpc) is 3.15. The fourth-order valence-electron chi connectivity index (χ4n) is 2.99. The molecule has 0 bridgehead atoms. The maximum Gasteiger partial charge on any atom is 0.191 e. The molecule has 2 heterocycles. The minimum Gasteiger partial charge on any atom is -0.362 e. The van der Waals surface area contributed by atoms with Crippen LogP contribution in [-0.4, -0.2) is 31.3 Å². The topological polar surface area (TPSA) is 63.6 Å². The lowest BCUT2D eigenvalue weighted by molar-refractivity contribution is 0.102. The normalized spacial score (nSPS) is 11.3. The van der Waals surface area contributed by atoms with E-state index in [2.05, 4.69) is 29.0 Å². The predicted molar refractivity (Wildman–Crippen MR) is 106 cm³/mol. The summed E-state index contributed by atoms with van der Waals surface area (Å²) < 4.78 is 16.1. The SMILES string of the molecule is Cc1cc(C(=O)CSc2nnc(-c3ccccc3F)n2CC(C)C)c(C)[nH]1. The molecule has 2 aromatic heterocycles. The van der Waals surface area contributed by atoms with Crippen molar-refractivity contribution in [3.8, 4) is 11.4 Å². The summed E-state index contributed by atoms with van der Waals surface area (Å²) in [6, 6.07) is 8.40. The van der Waals surface area contributed by atoms with Crippen LogP contribution in [0.5, 0.6) is 0 Å². The zero-order chi connectivity index (χ0) is 19.6. The van der Waals surface area contributed by atoms with Crippen LogP contribution in [0.1, 0.15) is 35.6 Å². The molecule has 3 aromatic rings. The van der Waals surface area contributed by atoms with E-state index in [-0.39, 0.29) is 17.4 Å². The number of aromatic amines is 1. The molecule has 0 saturated carbocycles. The number of aromatic nitrogens is 4. The summed E-state index contributed by atoms with van der Waals surface area (Å²) in [4.78, 5) is 15.7. The summed E-state index contributed by atoms with van der Waals surface area (Å²) in [6.45, 7) is 8.63. The van der Waals surface area contributed by atoms with Crippen LogP contribution in [0, 0.1) is 25.6 Å². The Morgan fingerprint density at radius 3 is 2.63 bits per heavy atom. The summed E-state index contributed by atoms with van der Waals surface area (Å²) in [5.41, 5.74) is 2.95. The van der Waals surface area contributed by atoms with Crippen molar-refractivity contribution in [3.05, 3.63) is 53.1 Å². The highest BCUT2D eigenvalue weighted by molar-refractivity contribution is 7.99. The number of carbonyl (C=O) groups is 1. The number of aryl methyl sites for hydroxylation is 2. The molecule has 0 aliphatic carbocycles. The lowest BCUT2D eigenvalue weighted by Crippen LogP contribution is -2.10. The zero-order valence-electron chi connectivity index (χ0n) is 15.9. The monoisotopic (exact) mass is 386 g/mol. The van der Waals surface area contributed by atoms with Gasteiger partial charge in [-0.2, -0.15) is 0 Å². The van der Waals surface area contributed by atoms with Crippen LogP contribution in [0.4, 0.5) is 4.39 Å². The average molecular weight is 386 g/mol. The number of carbonyl (C=O) groups excluding carboxylic acids is 1. The molecule has 142 valence electrons. The van der Waals surface area contributed by atoms with Crippen LogP contribution < -0.4 is 0 Å². The van der Waals surface area contributed by atoms with Crippen molar-refractivity contribution in [2.45, 2.75) is 39.4 Å². The second-order valence-corrected chi connectivity index (χ2v) is 7.94. The van der Waals surface area contributed by atoms with Gasteiger partial charge in [0, 0.05) is 23.5 Å².